The van der Waals surface area contributed by atoms with E-state index in [9.17, 15) is 9.59 Å². The molecule has 0 aromatic rings. The van der Waals surface area contributed by atoms with E-state index >= 15 is 0 Å². The molecule has 0 unspecified atom stereocenters. The van der Waals surface area contributed by atoms with Gasteiger partial charge < -0.3 is 10.0 Å². The first kappa shape index (κ1) is 15.0. The largest absolute Gasteiger partial charge is 0.480 e. The lowest BCUT2D eigenvalue weighted by Crippen LogP contribution is -2.51. The molecule has 1 saturated carbocycles. The minimum absolute atomic E-state index is 0.0109. The van der Waals surface area contributed by atoms with Gasteiger partial charge >= 0.3 is 5.97 Å². The lowest BCUT2D eigenvalue weighted by Gasteiger charge is -2.38. The first-order valence-corrected chi connectivity index (χ1v) is 6.75. The SMILES string of the molecule is CC1CCC(C(=O)N(CC(=O)O)C(C)(C)C)CC1. The summed E-state index contributed by atoms with van der Waals surface area (Å²) in [5, 5.41) is 8.94. The fourth-order valence-corrected chi connectivity index (χ4v) is 2.51. The first-order valence-electron chi connectivity index (χ1n) is 6.75. The Kier molecular flexibility index (Phi) is 4.77. The van der Waals surface area contributed by atoms with Gasteiger partial charge in [0.05, 0.1) is 0 Å². The third-order valence-corrected chi connectivity index (χ3v) is 3.73. The molecule has 0 atom stereocenters. The number of carboxylic acid groups (broad SMARTS) is 1. The van der Waals surface area contributed by atoms with Gasteiger partial charge in [-0.3, -0.25) is 9.59 Å². The number of carboxylic acids is 1. The number of aliphatic carboxylic acids is 1. The quantitative estimate of drug-likeness (QED) is 0.843. The fraction of sp³-hybridized carbons (Fsp3) is 0.857. The van der Waals surface area contributed by atoms with Crippen molar-refractivity contribution in [2.24, 2.45) is 11.8 Å². The fourth-order valence-electron chi connectivity index (χ4n) is 2.51. The first-order chi connectivity index (χ1) is 8.21. The minimum atomic E-state index is -0.942. The van der Waals surface area contributed by atoms with Crippen molar-refractivity contribution in [2.45, 2.75) is 58.9 Å². The van der Waals surface area contributed by atoms with Crippen molar-refractivity contribution in [2.75, 3.05) is 6.54 Å². The van der Waals surface area contributed by atoms with E-state index in [1.165, 1.54) is 4.90 Å². The Morgan fingerprint density at radius 2 is 1.67 bits per heavy atom. The van der Waals surface area contributed by atoms with Gasteiger partial charge in [-0.1, -0.05) is 6.92 Å². The number of rotatable bonds is 3. The topological polar surface area (TPSA) is 57.6 Å². The molecule has 0 radical (unpaired) electrons. The Balaban J connectivity index is 2.73. The summed E-state index contributed by atoms with van der Waals surface area (Å²) < 4.78 is 0. The summed E-state index contributed by atoms with van der Waals surface area (Å²) >= 11 is 0. The lowest BCUT2D eigenvalue weighted by atomic mass is 9.82. The molecule has 1 aliphatic rings. The number of carbonyl (C=O) groups excluding carboxylic acids is 1. The highest BCUT2D eigenvalue weighted by Gasteiger charge is 2.34. The van der Waals surface area contributed by atoms with E-state index in [0.717, 1.165) is 25.7 Å². The van der Waals surface area contributed by atoms with Crippen molar-refractivity contribution >= 4 is 11.9 Å². The number of hydrogen-bond donors (Lipinski definition) is 1. The van der Waals surface area contributed by atoms with Crippen LogP contribution in [-0.2, 0) is 9.59 Å². The number of carbonyl (C=O) groups is 2. The highest BCUT2D eigenvalue weighted by atomic mass is 16.4. The second kappa shape index (κ2) is 5.72. The molecule has 0 saturated heterocycles. The average Bonchev–Trinajstić information content (AvgIpc) is 2.24. The Bertz CT molecular complexity index is 311. The van der Waals surface area contributed by atoms with Crippen LogP contribution in [0.4, 0.5) is 0 Å². The monoisotopic (exact) mass is 255 g/mol. The van der Waals surface area contributed by atoms with Gasteiger partial charge in [-0.25, -0.2) is 0 Å². The van der Waals surface area contributed by atoms with E-state index in [2.05, 4.69) is 6.92 Å². The van der Waals surface area contributed by atoms with E-state index in [-0.39, 0.29) is 18.4 Å². The maximum atomic E-state index is 12.4. The van der Waals surface area contributed by atoms with Crippen LogP contribution >= 0.6 is 0 Å². The second-order valence-corrected chi connectivity index (χ2v) is 6.45. The number of nitrogens with zero attached hydrogens (tertiary/aromatic N) is 1. The van der Waals surface area contributed by atoms with Crippen molar-refractivity contribution in [3.8, 4) is 0 Å². The standard InChI is InChI=1S/C14H25NO3/c1-10-5-7-11(8-6-10)13(18)15(9-12(16)17)14(2,3)4/h10-11H,5-9H2,1-4H3,(H,16,17). The molecule has 1 N–H and O–H groups in total. The zero-order valence-corrected chi connectivity index (χ0v) is 11.9. The summed E-state index contributed by atoms with van der Waals surface area (Å²) in [5.41, 5.74) is -0.432. The normalized spacial score (nSPS) is 24.7. The Labute approximate surface area is 109 Å². The summed E-state index contributed by atoms with van der Waals surface area (Å²) in [6.07, 6.45) is 3.93. The van der Waals surface area contributed by atoms with E-state index < -0.39 is 11.5 Å². The molecule has 0 aromatic heterocycles. The lowest BCUT2D eigenvalue weighted by molar-refractivity contribution is -0.151. The van der Waals surface area contributed by atoms with Crippen LogP contribution in [0, 0.1) is 11.8 Å². The molecule has 1 amide bonds. The van der Waals surface area contributed by atoms with Crippen molar-refractivity contribution < 1.29 is 14.7 Å². The van der Waals surface area contributed by atoms with Gasteiger partial charge in [-0.05, 0) is 52.4 Å². The van der Waals surface area contributed by atoms with Gasteiger partial charge in [-0.15, -0.1) is 0 Å². The average molecular weight is 255 g/mol. The van der Waals surface area contributed by atoms with Crippen molar-refractivity contribution in [1.29, 1.82) is 0 Å². The summed E-state index contributed by atoms with van der Waals surface area (Å²) in [5.74, 6) is -0.226. The van der Waals surface area contributed by atoms with E-state index in [1.54, 1.807) is 0 Å². The molecule has 1 aliphatic carbocycles. The molecule has 104 valence electrons. The van der Waals surface area contributed by atoms with E-state index in [4.69, 9.17) is 5.11 Å². The highest BCUT2D eigenvalue weighted by molar-refractivity contribution is 5.83. The molecule has 0 aliphatic heterocycles. The summed E-state index contributed by atoms with van der Waals surface area (Å²) in [7, 11) is 0. The molecule has 0 aromatic carbocycles. The number of hydrogen-bond acceptors (Lipinski definition) is 2. The summed E-state index contributed by atoms with van der Waals surface area (Å²) in [4.78, 5) is 24.9. The molecule has 4 nitrogen and oxygen atoms in total. The van der Waals surface area contributed by atoms with Crippen LogP contribution in [0.2, 0.25) is 0 Å². The molecule has 0 bridgehead atoms. The molecule has 18 heavy (non-hydrogen) atoms. The minimum Gasteiger partial charge on any atom is -0.480 e. The third kappa shape index (κ3) is 4.00. The second-order valence-electron chi connectivity index (χ2n) is 6.45. The number of amides is 1. The van der Waals surface area contributed by atoms with Gasteiger partial charge in [0, 0.05) is 11.5 Å². The molecule has 0 heterocycles. The molecular weight excluding hydrogens is 230 g/mol. The van der Waals surface area contributed by atoms with Gasteiger partial charge in [0.1, 0.15) is 6.54 Å². The van der Waals surface area contributed by atoms with Crippen molar-refractivity contribution in [1.82, 2.24) is 4.90 Å². The van der Waals surface area contributed by atoms with E-state index in [0.29, 0.717) is 5.92 Å². The Morgan fingerprint density at radius 3 is 2.06 bits per heavy atom. The predicted molar refractivity (Wildman–Crippen MR) is 70.2 cm³/mol. The van der Waals surface area contributed by atoms with E-state index in [1.807, 2.05) is 20.8 Å². The smallest absolute Gasteiger partial charge is 0.323 e. The van der Waals surface area contributed by atoms with Gasteiger partial charge in [0.15, 0.2) is 0 Å². The Morgan fingerprint density at radius 1 is 1.17 bits per heavy atom. The van der Waals surface area contributed by atoms with Crippen LogP contribution in [-0.4, -0.2) is 34.0 Å². The third-order valence-electron chi connectivity index (χ3n) is 3.73. The van der Waals surface area contributed by atoms with Crippen LogP contribution < -0.4 is 0 Å². The van der Waals surface area contributed by atoms with Crippen LogP contribution in [0.5, 0.6) is 0 Å². The predicted octanol–water partition coefficient (Wildman–Crippen LogP) is 2.52. The van der Waals surface area contributed by atoms with Crippen molar-refractivity contribution in [3.05, 3.63) is 0 Å². The summed E-state index contributed by atoms with van der Waals surface area (Å²) in [6, 6.07) is 0. The van der Waals surface area contributed by atoms with Crippen LogP contribution in [0.15, 0.2) is 0 Å². The van der Waals surface area contributed by atoms with Crippen molar-refractivity contribution in [3.63, 3.8) is 0 Å². The molecule has 4 heteroatoms. The van der Waals surface area contributed by atoms with Crippen LogP contribution in [0.3, 0.4) is 0 Å². The summed E-state index contributed by atoms with van der Waals surface area (Å²) in [6.45, 7) is 7.67. The molecular formula is C14H25NO3. The zero-order valence-electron chi connectivity index (χ0n) is 11.9. The Hall–Kier alpha value is -1.06. The molecule has 0 spiro atoms. The van der Waals surface area contributed by atoms with Gasteiger partial charge in [-0.2, -0.15) is 0 Å². The van der Waals surface area contributed by atoms with Gasteiger partial charge in [0.25, 0.3) is 0 Å². The maximum absolute atomic E-state index is 12.4. The molecule has 1 fully saturated rings. The molecule has 1 rings (SSSR count). The maximum Gasteiger partial charge on any atom is 0.323 e. The van der Waals surface area contributed by atoms with Crippen LogP contribution in [0.25, 0.3) is 0 Å². The zero-order chi connectivity index (χ0) is 13.9. The van der Waals surface area contributed by atoms with Crippen LogP contribution in [0.1, 0.15) is 53.4 Å². The van der Waals surface area contributed by atoms with Gasteiger partial charge in [0.2, 0.25) is 5.91 Å². The highest BCUT2D eigenvalue weighted by Crippen LogP contribution is 2.31.